The zero-order chi connectivity index (χ0) is 18.9. The zero-order valence-electron chi connectivity index (χ0n) is 16.3. The van der Waals surface area contributed by atoms with Crippen molar-refractivity contribution in [2.45, 2.75) is 64.2 Å². The van der Waals surface area contributed by atoms with Crippen LogP contribution in [0.15, 0.2) is 28.8 Å². The summed E-state index contributed by atoms with van der Waals surface area (Å²) in [7, 11) is 2.07. The highest BCUT2D eigenvalue weighted by atomic mass is 16.5. The van der Waals surface area contributed by atoms with Crippen molar-refractivity contribution < 1.29 is 14.4 Å². The number of rotatable bonds is 5. The Morgan fingerprint density at radius 1 is 1.23 bits per heavy atom. The molecule has 1 aliphatic rings. The predicted octanol–water partition coefficient (Wildman–Crippen LogP) is 3.25. The molecule has 0 radical (unpaired) electrons. The van der Waals surface area contributed by atoms with Crippen molar-refractivity contribution in [3.63, 3.8) is 0 Å². The van der Waals surface area contributed by atoms with E-state index in [1.165, 1.54) is 0 Å². The topological polar surface area (TPSA) is 71.6 Å². The van der Waals surface area contributed by atoms with Gasteiger partial charge in [-0.25, -0.2) is 0 Å². The summed E-state index contributed by atoms with van der Waals surface area (Å²) in [6.07, 6.45) is 2.13. The largest absolute Gasteiger partial charge is 0.484 e. The van der Waals surface area contributed by atoms with Crippen molar-refractivity contribution in [1.29, 1.82) is 0 Å². The first-order valence-electron chi connectivity index (χ1n) is 9.17. The third-order valence-electron chi connectivity index (χ3n) is 5.11. The van der Waals surface area contributed by atoms with Crippen LogP contribution in [0.2, 0.25) is 0 Å². The van der Waals surface area contributed by atoms with Crippen molar-refractivity contribution in [3.8, 4) is 5.75 Å². The van der Waals surface area contributed by atoms with Crippen LogP contribution in [0.25, 0.3) is 0 Å². The van der Waals surface area contributed by atoms with Crippen molar-refractivity contribution in [3.05, 3.63) is 41.5 Å². The van der Waals surface area contributed by atoms with Crippen LogP contribution < -0.4 is 4.74 Å². The van der Waals surface area contributed by atoms with Crippen LogP contribution in [0.4, 0.5) is 0 Å². The second-order valence-electron chi connectivity index (χ2n) is 8.36. The van der Waals surface area contributed by atoms with Gasteiger partial charge in [0.05, 0.1) is 0 Å². The van der Waals surface area contributed by atoms with Gasteiger partial charge in [0.25, 0.3) is 5.89 Å². The van der Waals surface area contributed by atoms with Crippen LogP contribution in [0.5, 0.6) is 5.75 Å². The molecule has 0 bridgehead atoms. The summed E-state index contributed by atoms with van der Waals surface area (Å²) in [5, 5.41) is 15.0. The molecule has 2 atom stereocenters. The highest BCUT2D eigenvalue weighted by Gasteiger charge is 2.38. The van der Waals surface area contributed by atoms with Crippen molar-refractivity contribution in [2.24, 2.45) is 0 Å². The first-order chi connectivity index (χ1) is 12.2. The number of aromatic nitrogens is 2. The molecule has 0 amide bonds. The Morgan fingerprint density at radius 2 is 1.92 bits per heavy atom. The molecular formula is C20H29N3O3. The highest BCUT2D eigenvalue weighted by molar-refractivity contribution is 5.32. The lowest BCUT2D eigenvalue weighted by Gasteiger charge is -2.35. The van der Waals surface area contributed by atoms with E-state index < -0.39 is 5.60 Å². The van der Waals surface area contributed by atoms with E-state index in [4.69, 9.17) is 9.26 Å². The van der Waals surface area contributed by atoms with Gasteiger partial charge in [0.15, 0.2) is 12.4 Å². The van der Waals surface area contributed by atoms with Gasteiger partial charge in [0.1, 0.15) is 11.4 Å². The molecular weight excluding hydrogens is 330 g/mol. The smallest absolute Gasteiger partial charge is 0.264 e. The summed E-state index contributed by atoms with van der Waals surface area (Å²) >= 11 is 0. The molecule has 0 aliphatic carbocycles. The molecule has 1 fully saturated rings. The number of likely N-dealkylation sites (tertiary alicyclic amines) is 1. The van der Waals surface area contributed by atoms with Crippen LogP contribution in [-0.4, -0.2) is 39.8 Å². The molecule has 2 heterocycles. The molecule has 26 heavy (non-hydrogen) atoms. The number of ether oxygens (including phenoxy) is 1. The number of aliphatic hydroxyl groups is 1. The maximum absolute atomic E-state index is 11.0. The number of benzene rings is 1. The van der Waals surface area contributed by atoms with Gasteiger partial charge in [-0.05, 0) is 51.1 Å². The van der Waals surface area contributed by atoms with E-state index in [0.717, 1.165) is 24.9 Å². The minimum Gasteiger partial charge on any atom is -0.484 e. The monoisotopic (exact) mass is 359 g/mol. The lowest BCUT2D eigenvalue weighted by atomic mass is 9.87. The average Bonchev–Trinajstić information content (AvgIpc) is 3.22. The molecule has 1 aromatic heterocycles. The minimum absolute atomic E-state index is 0.142. The summed E-state index contributed by atoms with van der Waals surface area (Å²) in [6, 6.07) is 7.74. The van der Waals surface area contributed by atoms with Gasteiger partial charge in [-0.15, -0.1) is 0 Å². The van der Waals surface area contributed by atoms with Crippen LogP contribution in [-0.2, 0) is 17.6 Å². The molecule has 0 spiro atoms. The predicted molar refractivity (Wildman–Crippen MR) is 99.0 cm³/mol. The van der Waals surface area contributed by atoms with Crippen LogP contribution in [0.3, 0.4) is 0 Å². The number of hydrogen-bond acceptors (Lipinski definition) is 6. The molecule has 6 nitrogen and oxygen atoms in total. The maximum atomic E-state index is 11.0. The van der Waals surface area contributed by atoms with Gasteiger partial charge >= 0.3 is 0 Å². The molecule has 2 aromatic rings. The molecule has 0 saturated carbocycles. The molecule has 142 valence electrons. The third kappa shape index (κ3) is 3.91. The molecule has 6 heteroatoms. The fourth-order valence-electron chi connectivity index (χ4n) is 3.46. The van der Waals surface area contributed by atoms with Gasteiger partial charge < -0.3 is 19.3 Å². The molecule has 1 aliphatic heterocycles. The fraction of sp³-hybridized carbons (Fsp3) is 0.600. The maximum Gasteiger partial charge on any atom is 0.264 e. The van der Waals surface area contributed by atoms with Crippen LogP contribution in [0.1, 0.15) is 57.8 Å². The molecule has 3 rings (SSSR count). The second kappa shape index (κ2) is 7.00. The lowest BCUT2D eigenvalue weighted by molar-refractivity contribution is -0.0153. The van der Waals surface area contributed by atoms with E-state index >= 15 is 0 Å². The number of nitrogens with zero attached hydrogens (tertiary/aromatic N) is 3. The van der Waals surface area contributed by atoms with E-state index in [0.29, 0.717) is 17.5 Å². The van der Waals surface area contributed by atoms with E-state index in [2.05, 4.69) is 22.1 Å². The van der Waals surface area contributed by atoms with Gasteiger partial charge in [-0.3, -0.25) is 0 Å². The second-order valence-corrected chi connectivity index (χ2v) is 8.36. The normalized spacial score (nSPS) is 20.9. The molecule has 1 aromatic carbocycles. The zero-order valence-corrected chi connectivity index (χ0v) is 16.3. The van der Waals surface area contributed by atoms with E-state index in [1.807, 2.05) is 52.0 Å². The van der Waals surface area contributed by atoms with Gasteiger partial charge in [0.2, 0.25) is 0 Å². The van der Waals surface area contributed by atoms with Gasteiger partial charge in [-0.1, -0.05) is 38.1 Å². The highest BCUT2D eigenvalue weighted by Crippen LogP contribution is 2.34. The van der Waals surface area contributed by atoms with Crippen molar-refractivity contribution in [2.75, 3.05) is 13.6 Å². The van der Waals surface area contributed by atoms with Crippen LogP contribution >= 0.6 is 0 Å². The molecule has 1 N–H and O–H groups in total. The molecule has 1 unspecified atom stereocenters. The number of hydrogen-bond donors (Lipinski definition) is 1. The van der Waals surface area contributed by atoms with E-state index in [-0.39, 0.29) is 18.1 Å². The van der Waals surface area contributed by atoms with E-state index in [1.54, 1.807) is 0 Å². The van der Waals surface area contributed by atoms with Crippen molar-refractivity contribution in [1.82, 2.24) is 15.0 Å². The van der Waals surface area contributed by atoms with E-state index in [9.17, 15) is 5.11 Å². The Morgan fingerprint density at radius 3 is 2.46 bits per heavy atom. The first-order valence-corrected chi connectivity index (χ1v) is 9.17. The molecule has 1 saturated heterocycles. The summed E-state index contributed by atoms with van der Waals surface area (Å²) in [4.78, 5) is 6.59. The standard InChI is InChI=1S/C20H29N3O3/c1-19(2,3)18-21-17(26-22-18)13-25-15-10-8-14(9-11-15)20(4,24)16-7-6-12-23(16)5/h8-11,16,24H,6-7,12-13H2,1-5H3/t16-,20?/m1/s1. The lowest BCUT2D eigenvalue weighted by Crippen LogP contribution is -2.43. The quantitative estimate of drug-likeness (QED) is 0.884. The van der Waals surface area contributed by atoms with Gasteiger partial charge in [0, 0.05) is 11.5 Å². The Labute approximate surface area is 155 Å². The summed E-state index contributed by atoms with van der Waals surface area (Å²) in [5.41, 5.74) is -0.128. The average molecular weight is 359 g/mol. The van der Waals surface area contributed by atoms with Gasteiger partial charge in [-0.2, -0.15) is 4.98 Å². The Balaban J connectivity index is 1.63. The number of likely N-dealkylation sites (N-methyl/N-ethyl adjacent to an activating group) is 1. The summed E-state index contributed by atoms with van der Waals surface area (Å²) < 4.78 is 11.0. The van der Waals surface area contributed by atoms with Crippen molar-refractivity contribution >= 4 is 0 Å². The van der Waals surface area contributed by atoms with Crippen LogP contribution in [0, 0.1) is 0 Å². The minimum atomic E-state index is -0.877. The fourth-order valence-corrected chi connectivity index (χ4v) is 3.46. The third-order valence-corrected chi connectivity index (χ3v) is 5.11. The Kier molecular flexibility index (Phi) is 5.08. The Hall–Kier alpha value is -1.92. The SMILES string of the molecule is CN1CCC[C@@H]1C(C)(O)c1ccc(OCc2nc(C(C)(C)C)no2)cc1. The Bertz CT molecular complexity index is 732. The first kappa shape index (κ1) is 18.9. The summed E-state index contributed by atoms with van der Waals surface area (Å²) in [6.45, 7) is 9.26. The summed E-state index contributed by atoms with van der Waals surface area (Å²) in [5.74, 6) is 1.83.